The van der Waals surface area contributed by atoms with E-state index in [9.17, 15) is 0 Å². The van der Waals surface area contributed by atoms with Gasteiger partial charge in [0.1, 0.15) is 0 Å². The molecule has 1 aromatic carbocycles. The number of hydrogen-bond donors (Lipinski definition) is 0. The van der Waals surface area contributed by atoms with Crippen molar-refractivity contribution >= 4 is 5.57 Å². The molecule has 0 aliphatic carbocycles. The lowest BCUT2D eigenvalue weighted by Gasteiger charge is -2.11. The summed E-state index contributed by atoms with van der Waals surface area (Å²) < 4.78 is 0. The molecule has 0 unspecified atom stereocenters. The molecule has 0 aliphatic rings. The molecule has 0 bridgehead atoms. The Bertz CT molecular complexity index is 467. The van der Waals surface area contributed by atoms with Crippen molar-refractivity contribution in [3.63, 3.8) is 0 Å². The van der Waals surface area contributed by atoms with Crippen molar-refractivity contribution in [1.82, 2.24) is 0 Å². The van der Waals surface area contributed by atoms with Crippen LogP contribution in [0.1, 0.15) is 38.8 Å². The van der Waals surface area contributed by atoms with Crippen molar-refractivity contribution in [2.24, 2.45) is 5.92 Å². The summed E-state index contributed by atoms with van der Waals surface area (Å²) in [6.07, 6.45) is 4.38. The minimum Gasteiger partial charge on any atom is -0.0953 e. The van der Waals surface area contributed by atoms with Crippen molar-refractivity contribution in [3.05, 3.63) is 65.3 Å². The minimum absolute atomic E-state index is 0.498. The fourth-order valence-electron chi connectivity index (χ4n) is 1.86. The fraction of sp³-hybridized carbons (Fsp3) is 0.333. The van der Waals surface area contributed by atoms with Crippen LogP contribution in [0.25, 0.3) is 5.57 Å². The normalized spacial score (nSPS) is 13.0. The molecule has 0 nitrogen and oxygen atoms in total. The van der Waals surface area contributed by atoms with Gasteiger partial charge in [-0.3, -0.25) is 0 Å². The average Bonchev–Trinajstić information content (AvgIpc) is 2.35. The first-order chi connectivity index (χ1) is 8.45. The third kappa shape index (κ3) is 3.73. The maximum Gasteiger partial charge on any atom is -0.0187 e. The molecule has 1 aromatic rings. The predicted octanol–water partition coefficient (Wildman–Crippen LogP) is 5.56. The van der Waals surface area contributed by atoms with Crippen LogP contribution in [0.3, 0.4) is 0 Å². The van der Waals surface area contributed by atoms with Gasteiger partial charge in [0.2, 0.25) is 0 Å². The highest BCUT2D eigenvalue weighted by atomic mass is 14.1. The van der Waals surface area contributed by atoms with E-state index >= 15 is 0 Å². The Morgan fingerprint density at radius 1 is 1.17 bits per heavy atom. The van der Waals surface area contributed by atoms with Gasteiger partial charge in [-0.1, -0.05) is 62.4 Å². The Morgan fingerprint density at radius 2 is 1.72 bits per heavy atom. The van der Waals surface area contributed by atoms with Gasteiger partial charge in [0.15, 0.2) is 0 Å². The number of hydrogen-bond acceptors (Lipinski definition) is 0. The number of aryl methyl sites for hydroxylation is 1. The highest BCUT2D eigenvalue weighted by Gasteiger charge is 2.04. The minimum atomic E-state index is 0.498. The molecule has 0 spiro atoms. The van der Waals surface area contributed by atoms with Crippen molar-refractivity contribution in [2.45, 2.75) is 34.6 Å². The largest absolute Gasteiger partial charge is 0.0953 e. The lowest BCUT2D eigenvalue weighted by atomic mass is 9.94. The summed E-state index contributed by atoms with van der Waals surface area (Å²) in [6.45, 7) is 14.8. The Hall–Kier alpha value is -1.56. The number of benzene rings is 1. The molecule has 1 rings (SSSR count). The quantitative estimate of drug-likeness (QED) is 0.605. The summed E-state index contributed by atoms with van der Waals surface area (Å²) in [6, 6.07) is 8.65. The Morgan fingerprint density at radius 3 is 2.17 bits per heavy atom. The van der Waals surface area contributed by atoms with Gasteiger partial charge in [0.25, 0.3) is 0 Å². The molecule has 96 valence electrons. The van der Waals surface area contributed by atoms with Crippen molar-refractivity contribution in [1.29, 1.82) is 0 Å². The molecule has 0 aliphatic heterocycles. The number of allylic oxidation sites excluding steroid dienone is 5. The third-order valence-electron chi connectivity index (χ3n) is 3.27. The van der Waals surface area contributed by atoms with Gasteiger partial charge in [-0.15, -0.1) is 0 Å². The fourth-order valence-corrected chi connectivity index (χ4v) is 1.86. The van der Waals surface area contributed by atoms with E-state index < -0.39 is 0 Å². The topological polar surface area (TPSA) is 0 Å². The lowest BCUT2D eigenvalue weighted by molar-refractivity contribution is 0.781. The molecule has 0 heteroatoms. The Labute approximate surface area is 112 Å². The van der Waals surface area contributed by atoms with Crippen LogP contribution in [0.4, 0.5) is 0 Å². The Kier molecular flexibility index (Phi) is 5.15. The van der Waals surface area contributed by atoms with Gasteiger partial charge >= 0.3 is 0 Å². The highest BCUT2D eigenvalue weighted by Crippen LogP contribution is 2.23. The molecule has 0 aromatic heterocycles. The molecule has 0 fully saturated rings. The predicted molar refractivity (Wildman–Crippen MR) is 82.6 cm³/mol. The molecular weight excluding hydrogens is 216 g/mol. The summed E-state index contributed by atoms with van der Waals surface area (Å²) in [5, 5.41) is 0. The first-order valence-electron chi connectivity index (χ1n) is 6.56. The molecular formula is C18H24. The second-order valence-electron chi connectivity index (χ2n) is 5.12. The molecule has 0 atom stereocenters. The van der Waals surface area contributed by atoms with Crippen LogP contribution in [0, 0.1) is 12.8 Å². The first-order valence-corrected chi connectivity index (χ1v) is 6.56. The standard InChI is InChI=1S/C18H24/c1-7-17(12-15(5)16(6)13(2)3)18-10-8-14(4)9-11-18/h7-13H,6H2,1-5H3/b15-12+,17-7+. The third-order valence-corrected chi connectivity index (χ3v) is 3.27. The summed E-state index contributed by atoms with van der Waals surface area (Å²) in [4.78, 5) is 0. The number of rotatable bonds is 4. The molecule has 0 amide bonds. The van der Waals surface area contributed by atoms with Gasteiger partial charge in [0, 0.05) is 0 Å². The zero-order valence-corrected chi connectivity index (χ0v) is 12.2. The van der Waals surface area contributed by atoms with E-state index in [4.69, 9.17) is 0 Å². The zero-order valence-electron chi connectivity index (χ0n) is 12.2. The van der Waals surface area contributed by atoms with Gasteiger partial charge in [-0.2, -0.15) is 0 Å². The van der Waals surface area contributed by atoms with Crippen molar-refractivity contribution in [3.8, 4) is 0 Å². The van der Waals surface area contributed by atoms with Gasteiger partial charge in [-0.25, -0.2) is 0 Å². The molecule has 0 saturated heterocycles. The zero-order chi connectivity index (χ0) is 13.7. The van der Waals surface area contributed by atoms with Crippen LogP contribution >= 0.6 is 0 Å². The summed E-state index contributed by atoms with van der Waals surface area (Å²) in [5.74, 6) is 0.498. The van der Waals surface area contributed by atoms with E-state index in [-0.39, 0.29) is 0 Å². The van der Waals surface area contributed by atoms with E-state index in [1.54, 1.807) is 0 Å². The molecule has 0 N–H and O–H groups in total. The van der Waals surface area contributed by atoms with E-state index in [0.29, 0.717) is 5.92 Å². The van der Waals surface area contributed by atoms with Crippen LogP contribution < -0.4 is 0 Å². The van der Waals surface area contributed by atoms with Gasteiger partial charge in [0.05, 0.1) is 0 Å². The summed E-state index contributed by atoms with van der Waals surface area (Å²) in [7, 11) is 0. The van der Waals surface area contributed by atoms with E-state index in [1.807, 2.05) is 0 Å². The first kappa shape index (κ1) is 14.5. The second-order valence-corrected chi connectivity index (χ2v) is 5.12. The molecule has 18 heavy (non-hydrogen) atoms. The molecule has 0 saturated carbocycles. The summed E-state index contributed by atoms with van der Waals surface area (Å²) in [5.41, 5.74) is 6.29. The maximum atomic E-state index is 4.15. The monoisotopic (exact) mass is 240 g/mol. The van der Waals surface area contributed by atoms with Crippen LogP contribution in [0.15, 0.2) is 54.1 Å². The van der Waals surface area contributed by atoms with E-state index in [1.165, 1.54) is 27.8 Å². The maximum absolute atomic E-state index is 4.15. The van der Waals surface area contributed by atoms with Crippen molar-refractivity contribution in [2.75, 3.05) is 0 Å². The SMILES string of the molecule is C=C(/C(C)=C/C(=C\C)c1ccc(C)cc1)C(C)C. The van der Waals surface area contributed by atoms with Gasteiger partial charge in [-0.05, 0) is 49.0 Å². The highest BCUT2D eigenvalue weighted by molar-refractivity contribution is 5.75. The van der Waals surface area contributed by atoms with E-state index in [2.05, 4.69) is 77.6 Å². The van der Waals surface area contributed by atoms with Crippen LogP contribution in [-0.2, 0) is 0 Å². The summed E-state index contributed by atoms with van der Waals surface area (Å²) >= 11 is 0. The van der Waals surface area contributed by atoms with Gasteiger partial charge < -0.3 is 0 Å². The molecule has 0 heterocycles. The second kappa shape index (κ2) is 6.39. The van der Waals surface area contributed by atoms with E-state index in [0.717, 1.165) is 0 Å². The smallest absolute Gasteiger partial charge is 0.0187 e. The van der Waals surface area contributed by atoms with Crippen LogP contribution in [0.5, 0.6) is 0 Å². The lowest BCUT2D eigenvalue weighted by Crippen LogP contribution is -1.94. The van der Waals surface area contributed by atoms with Crippen LogP contribution in [0.2, 0.25) is 0 Å². The molecule has 0 radical (unpaired) electrons. The Balaban J connectivity index is 3.03. The van der Waals surface area contributed by atoms with Crippen LogP contribution in [-0.4, -0.2) is 0 Å². The van der Waals surface area contributed by atoms with Crippen molar-refractivity contribution < 1.29 is 0 Å². The average molecular weight is 240 g/mol.